The molecule has 1 heterocycles. The molecule has 0 unspecified atom stereocenters. The highest BCUT2D eigenvalue weighted by Crippen LogP contribution is 2.48. The molecule has 3 N–H and O–H groups in total. The minimum atomic E-state index is 0.544. The highest BCUT2D eigenvalue weighted by molar-refractivity contribution is 5.64. The Balaban J connectivity index is 1.95. The average Bonchev–Trinajstić information content (AvgIpc) is 2.98. The third-order valence-electron chi connectivity index (χ3n) is 3.22. The summed E-state index contributed by atoms with van der Waals surface area (Å²) < 4.78 is 0. The molecule has 0 aromatic carbocycles. The standard InChI is InChI=1S/C11H17N3/c1-2-11(4-5-11)8-14-10-7-13-6-3-9(10)12/h3,6-7,14H,2,4-5,8H2,1H3,(H2,12,13). The third kappa shape index (κ3) is 1.81. The molecule has 1 saturated carbocycles. The first-order valence-electron chi connectivity index (χ1n) is 5.19. The first-order chi connectivity index (χ1) is 6.76. The molecule has 14 heavy (non-hydrogen) atoms. The average molecular weight is 191 g/mol. The maximum atomic E-state index is 5.81. The number of aromatic nitrogens is 1. The van der Waals surface area contributed by atoms with E-state index in [1.165, 1.54) is 19.3 Å². The first kappa shape index (κ1) is 9.31. The van der Waals surface area contributed by atoms with Crippen molar-refractivity contribution in [1.82, 2.24) is 4.98 Å². The molecule has 1 fully saturated rings. The molecule has 0 atom stereocenters. The predicted molar refractivity (Wildman–Crippen MR) is 59.1 cm³/mol. The van der Waals surface area contributed by atoms with Crippen LogP contribution in [0.2, 0.25) is 0 Å². The molecule has 2 rings (SSSR count). The number of nitrogen functional groups attached to an aromatic ring is 1. The SMILES string of the molecule is CCC1(CNc2cnccc2N)CC1. The van der Waals surface area contributed by atoms with E-state index < -0.39 is 0 Å². The number of hydrogen-bond acceptors (Lipinski definition) is 3. The van der Waals surface area contributed by atoms with Crippen LogP contribution in [-0.4, -0.2) is 11.5 Å². The fraction of sp³-hybridized carbons (Fsp3) is 0.545. The van der Waals surface area contributed by atoms with Gasteiger partial charge in [-0.25, -0.2) is 0 Å². The van der Waals surface area contributed by atoms with Crippen molar-refractivity contribution in [2.75, 3.05) is 17.6 Å². The van der Waals surface area contributed by atoms with Gasteiger partial charge in [0.2, 0.25) is 0 Å². The lowest BCUT2D eigenvalue weighted by Crippen LogP contribution is -2.15. The molecule has 0 bridgehead atoms. The van der Waals surface area contributed by atoms with Crippen molar-refractivity contribution in [1.29, 1.82) is 0 Å². The van der Waals surface area contributed by atoms with E-state index in [2.05, 4.69) is 17.2 Å². The van der Waals surface area contributed by atoms with Gasteiger partial charge in [0.25, 0.3) is 0 Å². The lowest BCUT2D eigenvalue weighted by Gasteiger charge is -2.15. The van der Waals surface area contributed by atoms with Crippen LogP contribution in [0.5, 0.6) is 0 Å². The molecule has 0 saturated heterocycles. The summed E-state index contributed by atoms with van der Waals surface area (Å²) in [6, 6.07) is 1.83. The van der Waals surface area contributed by atoms with Crippen LogP contribution in [0.3, 0.4) is 0 Å². The van der Waals surface area contributed by atoms with E-state index in [0.717, 1.165) is 17.9 Å². The lowest BCUT2D eigenvalue weighted by atomic mass is 10.0. The highest BCUT2D eigenvalue weighted by Gasteiger charge is 2.40. The molecule has 0 radical (unpaired) electrons. The lowest BCUT2D eigenvalue weighted by molar-refractivity contribution is 0.521. The molecule has 3 heteroatoms. The van der Waals surface area contributed by atoms with Crippen molar-refractivity contribution in [2.45, 2.75) is 26.2 Å². The van der Waals surface area contributed by atoms with E-state index in [9.17, 15) is 0 Å². The maximum Gasteiger partial charge on any atom is 0.0760 e. The molecule has 0 spiro atoms. The molecule has 0 amide bonds. The smallest absolute Gasteiger partial charge is 0.0760 e. The Morgan fingerprint density at radius 3 is 2.93 bits per heavy atom. The highest BCUT2D eigenvalue weighted by atomic mass is 14.9. The van der Waals surface area contributed by atoms with Crippen LogP contribution < -0.4 is 11.1 Å². The third-order valence-corrected chi connectivity index (χ3v) is 3.22. The van der Waals surface area contributed by atoms with Gasteiger partial charge in [-0.3, -0.25) is 4.98 Å². The van der Waals surface area contributed by atoms with Crippen molar-refractivity contribution >= 4 is 11.4 Å². The number of nitrogens with one attached hydrogen (secondary N) is 1. The summed E-state index contributed by atoms with van der Waals surface area (Å²) in [5.41, 5.74) is 8.10. The largest absolute Gasteiger partial charge is 0.397 e. The Labute approximate surface area is 84.7 Å². The molecule has 1 aromatic heterocycles. The predicted octanol–water partition coefficient (Wildman–Crippen LogP) is 2.27. The Morgan fingerprint density at radius 1 is 1.57 bits per heavy atom. The van der Waals surface area contributed by atoms with E-state index in [1.807, 2.05) is 6.07 Å². The summed E-state index contributed by atoms with van der Waals surface area (Å²) in [5, 5.41) is 3.38. The van der Waals surface area contributed by atoms with Gasteiger partial charge in [-0.1, -0.05) is 6.92 Å². The Hall–Kier alpha value is -1.25. The Kier molecular flexibility index (Phi) is 2.32. The summed E-state index contributed by atoms with van der Waals surface area (Å²) in [7, 11) is 0. The molecular weight excluding hydrogens is 174 g/mol. The van der Waals surface area contributed by atoms with Gasteiger partial charge in [-0.05, 0) is 30.7 Å². The van der Waals surface area contributed by atoms with E-state index >= 15 is 0 Å². The molecule has 1 aliphatic rings. The van der Waals surface area contributed by atoms with Crippen molar-refractivity contribution in [3.63, 3.8) is 0 Å². The van der Waals surface area contributed by atoms with Gasteiger partial charge in [0.05, 0.1) is 17.6 Å². The van der Waals surface area contributed by atoms with Gasteiger partial charge in [-0.2, -0.15) is 0 Å². The molecular formula is C11H17N3. The zero-order chi connectivity index (χ0) is 10.0. The Bertz CT molecular complexity index is 318. The minimum absolute atomic E-state index is 0.544. The van der Waals surface area contributed by atoms with E-state index in [4.69, 9.17) is 5.73 Å². The quantitative estimate of drug-likeness (QED) is 0.767. The summed E-state index contributed by atoms with van der Waals surface area (Å²) in [6.07, 6.45) is 7.45. The fourth-order valence-electron chi connectivity index (χ4n) is 1.67. The number of rotatable bonds is 4. The minimum Gasteiger partial charge on any atom is -0.397 e. The van der Waals surface area contributed by atoms with Crippen LogP contribution >= 0.6 is 0 Å². The molecule has 1 aromatic rings. The first-order valence-corrected chi connectivity index (χ1v) is 5.19. The van der Waals surface area contributed by atoms with Gasteiger partial charge in [0, 0.05) is 12.7 Å². The normalized spacial score (nSPS) is 17.8. The number of nitrogens with zero attached hydrogens (tertiary/aromatic N) is 1. The fourth-order valence-corrected chi connectivity index (χ4v) is 1.67. The second-order valence-electron chi connectivity index (χ2n) is 4.17. The van der Waals surface area contributed by atoms with Crippen LogP contribution in [0.15, 0.2) is 18.5 Å². The monoisotopic (exact) mass is 191 g/mol. The van der Waals surface area contributed by atoms with Crippen molar-refractivity contribution < 1.29 is 0 Å². The number of pyridine rings is 1. The molecule has 3 nitrogen and oxygen atoms in total. The second kappa shape index (κ2) is 3.48. The number of hydrogen-bond donors (Lipinski definition) is 2. The van der Waals surface area contributed by atoms with E-state index in [1.54, 1.807) is 12.4 Å². The number of anilines is 2. The second-order valence-corrected chi connectivity index (χ2v) is 4.17. The van der Waals surface area contributed by atoms with Gasteiger partial charge in [0.15, 0.2) is 0 Å². The number of nitrogens with two attached hydrogens (primary N) is 1. The summed E-state index contributed by atoms with van der Waals surface area (Å²) >= 11 is 0. The van der Waals surface area contributed by atoms with Crippen molar-refractivity contribution in [3.05, 3.63) is 18.5 Å². The van der Waals surface area contributed by atoms with Crippen LogP contribution in [0.1, 0.15) is 26.2 Å². The van der Waals surface area contributed by atoms with E-state index in [-0.39, 0.29) is 0 Å². The van der Waals surface area contributed by atoms with E-state index in [0.29, 0.717) is 5.41 Å². The Morgan fingerprint density at radius 2 is 2.36 bits per heavy atom. The zero-order valence-corrected chi connectivity index (χ0v) is 8.59. The molecule has 1 aliphatic carbocycles. The molecule has 76 valence electrons. The van der Waals surface area contributed by atoms with Crippen molar-refractivity contribution in [3.8, 4) is 0 Å². The van der Waals surface area contributed by atoms with Gasteiger partial charge in [-0.15, -0.1) is 0 Å². The van der Waals surface area contributed by atoms with Crippen LogP contribution in [-0.2, 0) is 0 Å². The molecule has 0 aliphatic heterocycles. The summed E-state index contributed by atoms with van der Waals surface area (Å²) in [4.78, 5) is 4.05. The maximum absolute atomic E-state index is 5.81. The topological polar surface area (TPSA) is 50.9 Å². The summed E-state index contributed by atoms with van der Waals surface area (Å²) in [5.74, 6) is 0. The van der Waals surface area contributed by atoms with Crippen LogP contribution in [0.25, 0.3) is 0 Å². The van der Waals surface area contributed by atoms with Gasteiger partial charge < -0.3 is 11.1 Å². The summed E-state index contributed by atoms with van der Waals surface area (Å²) in [6.45, 7) is 3.28. The van der Waals surface area contributed by atoms with Crippen LogP contribution in [0, 0.1) is 5.41 Å². The van der Waals surface area contributed by atoms with Gasteiger partial charge in [0.1, 0.15) is 0 Å². The van der Waals surface area contributed by atoms with Crippen molar-refractivity contribution in [2.24, 2.45) is 5.41 Å². The zero-order valence-electron chi connectivity index (χ0n) is 8.59. The van der Waals surface area contributed by atoms with Gasteiger partial charge >= 0.3 is 0 Å². The van der Waals surface area contributed by atoms with Crippen LogP contribution in [0.4, 0.5) is 11.4 Å².